The molecule has 0 bridgehead atoms. The fourth-order valence-electron chi connectivity index (χ4n) is 2.73. The monoisotopic (exact) mass is 296 g/mol. The Bertz CT molecular complexity index is 682. The normalized spacial score (nSPS) is 10.6. The zero-order valence-electron chi connectivity index (χ0n) is 13.3. The molecule has 0 aliphatic heterocycles. The zero-order chi connectivity index (χ0) is 15.9. The lowest BCUT2D eigenvalue weighted by Gasteiger charge is -2.09. The van der Waals surface area contributed by atoms with Crippen LogP contribution >= 0.6 is 0 Å². The number of amides is 1. The van der Waals surface area contributed by atoms with Crippen molar-refractivity contribution in [2.45, 2.75) is 32.7 Å². The summed E-state index contributed by atoms with van der Waals surface area (Å²) in [7, 11) is 0. The number of fused-ring (bicyclic) bond motifs is 1. The largest absolute Gasteiger partial charge is 0.356 e. The summed E-state index contributed by atoms with van der Waals surface area (Å²) in [5, 5.41) is 4.11. The van der Waals surface area contributed by atoms with Crippen molar-refractivity contribution in [3.63, 3.8) is 0 Å². The molecule has 0 saturated carbocycles. The van der Waals surface area contributed by atoms with Crippen LogP contribution < -0.4 is 5.32 Å². The number of hydrogen-bond acceptors (Lipinski definition) is 1. The first-order chi connectivity index (χ1) is 10.7. The predicted molar refractivity (Wildman–Crippen MR) is 94.7 cm³/mol. The average Bonchev–Trinajstić information content (AvgIpc) is 2.86. The molecule has 0 atom stereocenters. The number of nitrogens with one attached hydrogen (secondary N) is 1. The minimum absolute atomic E-state index is 0.0985. The summed E-state index contributed by atoms with van der Waals surface area (Å²) in [5.41, 5.74) is 3.23. The Morgan fingerprint density at radius 3 is 2.73 bits per heavy atom. The second kappa shape index (κ2) is 7.64. The lowest BCUT2D eigenvalue weighted by atomic mass is 10.1. The van der Waals surface area contributed by atoms with Crippen LogP contribution in [0.2, 0.25) is 0 Å². The Balaban J connectivity index is 2.22. The van der Waals surface area contributed by atoms with Crippen LogP contribution in [0.4, 0.5) is 0 Å². The van der Waals surface area contributed by atoms with Crippen molar-refractivity contribution >= 4 is 29.0 Å². The first-order valence-electron chi connectivity index (χ1n) is 7.85. The number of carbonyl (C=O) groups excluding carboxylic acids is 1. The maximum absolute atomic E-state index is 11.9. The standard InChI is InChI=1S/C19H24N2O/c1-4-7-13-20-19(22)12-14-21-17(6-3)15(5-2)16-10-8-9-11-18(16)21/h5-6,8-11H,2-4,7,12-14H2,1H3,(H,20,22). The van der Waals surface area contributed by atoms with E-state index in [0.717, 1.165) is 41.5 Å². The lowest BCUT2D eigenvalue weighted by molar-refractivity contribution is -0.121. The predicted octanol–water partition coefficient (Wildman–Crippen LogP) is 4.23. The molecule has 22 heavy (non-hydrogen) atoms. The molecule has 1 amide bonds. The van der Waals surface area contributed by atoms with Gasteiger partial charge in [-0.1, -0.05) is 50.8 Å². The number of hydrogen-bond donors (Lipinski definition) is 1. The summed E-state index contributed by atoms with van der Waals surface area (Å²) in [4.78, 5) is 11.9. The maximum Gasteiger partial charge on any atom is 0.221 e. The number of aromatic nitrogens is 1. The minimum Gasteiger partial charge on any atom is -0.356 e. The van der Waals surface area contributed by atoms with Gasteiger partial charge in [0.1, 0.15) is 0 Å². The highest BCUT2D eigenvalue weighted by molar-refractivity contribution is 5.93. The van der Waals surface area contributed by atoms with Crippen LogP contribution in [0.5, 0.6) is 0 Å². The molecule has 1 aromatic carbocycles. The topological polar surface area (TPSA) is 34.0 Å². The highest BCUT2D eigenvalue weighted by Gasteiger charge is 2.13. The van der Waals surface area contributed by atoms with Gasteiger partial charge in [0.05, 0.1) is 0 Å². The van der Waals surface area contributed by atoms with E-state index in [-0.39, 0.29) is 5.91 Å². The van der Waals surface area contributed by atoms with Crippen molar-refractivity contribution in [1.82, 2.24) is 9.88 Å². The summed E-state index contributed by atoms with van der Waals surface area (Å²) >= 11 is 0. The van der Waals surface area contributed by atoms with Gasteiger partial charge < -0.3 is 9.88 Å². The summed E-state index contributed by atoms with van der Waals surface area (Å²) in [6, 6.07) is 8.19. The van der Waals surface area contributed by atoms with E-state index in [1.807, 2.05) is 24.3 Å². The number of unbranched alkanes of at least 4 members (excludes halogenated alkanes) is 1. The van der Waals surface area contributed by atoms with E-state index in [1.165, 1.54) is 0 Å². The number of carbonyl (C=O) groups is 1. The van der Waals surface area contributed by atoms with E-state index in [9.17, 15) is 4.79 Å². The smallest absolute Gasteiger partial charge is 0.221 e. The number of para-hydroxylation sites is 1. The number of rotatable bonds is 8. The molecule has 1 aromatic heterocycles. The first kappa shape index (κ1) is 16.1. The first-order valence-corrected chi connectivity index (χ1v) is 7.85. The van der Waals surface area contributed by atoms with Gasteiger partial charge in [0, 0.05) is 41.7 Å². The number of nitrogens with zero attached hydrogens (tertiary/aromatic N) is 1. The van der Waals surface area contributed by atoms with Gasteiger partial charge >= 0.3 is 0 Å². The fraction of sp³-hybridized carbons (Fsp3) is 0.316. The van der Waals surface area contributed by atoms with E-state index in [0.29, 0.717) is 13.0 Å². The molecule has 0 aliphatic carbocycles. The van der Waals surface area contributed by atoms with Crippen LogP contribution in [0.3, 0.4) is 0 Å². The summed E-state index contributed by atoms with van der Waals surface area (Å²) in [6.45, 7) is 11.3. The van der Waals surface area contributed by atoms with Gasteiger partial charge in [-0.15, -0.1) is 0 Å². The number of aryl methyl sites for hydroxylation is 1. The number of benzene rings is 1. The molecule has 1 heterocycles. The van der Waals surface area contributed by atoms with Gasteiger partial charge in [-0.3, -0.25) is 4.79 Å². The Morgan fingerprint density at radius 1 is 1.27 bits per heavy atom. The summed E-state index contributed by atoms with van der Waals surface area (Å²) in [5.74, 6) is 0.0985. The average molecular weight is 296 g/mol. The highest BCUT2D eigenvalue weighted by atomic mass is 16.1. The Kier molecular flexibility index (Phi) is 5.59. The van der Waals surface area contributed by atoms with Crippen molar-refractivity contribution in [2.24, 2.45) is 0 Å². The van der Waals surface area contributed by atoms with Gasteiger partial charge in [0.25, 0.3) is 0 Å². The highest BCUT2D eigenvalue weighted by Crippen LogP contribution is 2.28. The van der Waals surface area contributed by atoms with Crippen LogP contribution in [0.15, 0.2) is 37.4 Å². The second-order valence-electron chi connectivity index (χ2n) is 5.33. The lowest BCUT2D eigenvalue weighted by Crippen LogP contribution is -2.25. The molecule has 0 saturated heterocycles. The molecule has 2 aromatic rings. The molecule has 0 radical (unpaired) electrons. The van der Waals surface area contributed by atoms with Crippen molar-refractivity contribution in [3.05, 3.63) is 48.7 Å². The Labute approximate surface area is 132 Å². The molecular weight excluding hydrogens is 272 g/mol. The fourth-order valence-corrected chi connectivity index (χ4v) is 2.73. The zero-order valence-corrected chi connectivity index (χ0v) is 13.3. The Morgan fingerprint density at radius 2 is 2.05 bits per heavy atom. The molecule has 0 fully saturated rings. The molecular formula is C19H24N2O. The summed E-state index contributed by atoms with van der Waals surface area (Å²) < 4.78 is 2.15. The molecule has 0 aliphatic rings. The van der Waals surface area contributed by atoms with Crippen LogP contribution in [0.1, 0.15) is 37.4 Å². The van der Waals surface area contributed by atoms with Crippen molar-refractivity contribution in [3.8, 4) is 0 Å². The third-order valence-corrected chi connectivity index (χ3v) is 3.86. The molecule has 1 N–H and O–H groups in total. The van der Waals surface area contributed by atoms with Crippen molar-refractivity contribution < 1.29 is 4.79 Å². The molecule has 3 nitrogen and oxygen atoms in total. The molecule has 0 unspecified atom stereocenters. The molecule has 116 valence electrons. The van der Waals surface area contributed by atoms with Gasteiger partial charge in [0.15, 0.2) is 0 Å². The van der Waals surface area contributed by atoms with Gasteiger partial charge in [-0.05, 0) is 18.6 Å². The van der Waals surface area contributed by atoms with E-state index >= 15 is 0 Å². The van der Waals surface area contributed by atoms with Gasteiger partial charge in [0.2, 0.25) is 5.91 Å². The third-order valence-electron chi connectivity index (χ3n) is 3.86. The van der Waals surface area contributed by atoms with E-state index < -0.39 is 0 Å². The molecule has 3 heteroatoms. The maximum atomic E-state index is 11.9. The van der Waals surface area contributed by atoms with Crippen LogP contribution in [-0.2, 0) is 11.3 Å². The molecule has 2 rings (SSSR count). The van der Waals surface area contributed by atoms with Crippen molar-refractivity contribution in [1.29, 1.82) is 0 Å². The van der Waals surface area contributed by atoms with E-state index in [1.54, 1.807) is 0 Å². The third kappa shape index (κ3) is 3.30. The van der Waals surface area contributed by atoms with Gasteiger partial charge in [-0.25, -0.2) is 0 Å². The quantitative estimate of drug-likeness (QED) is 0.727. The van der Waals surface area contributed by atoms with E-state index in [2.05, 4.69) is 42.1 Å². The van der Waals surface area contributed by atoms with Crippen LogP contribution in [0, 0.1) is 0 Å². The molecule has 0 spiro atoms. The van der Waals surface area contributed by atoms with Crippen LogP contribution in [0.25, 0.3) is 23.1 Å². The van der Waals surface area contributed by atoms with Crippen molar-refractivity contribution in [2.75, 3.05) is 6.54 Å². The minimum atomic E-state index is 0.0985. The van der Waals surface area contributed by atoms with E-state index in [4.69, 9.17) is 0 Å². The van der Waals surface area contributed by atoms with Gasteiger partial charge in [-0.2, -0.15) is 0 Å². The Hall–Kier alpha value is -2.29. The SMILES string of the molecule is C=Cc1c(C=C)n(CCC(=O)NCCCC)c2ccccc12. The van der Waals surface area contributed by atoms with Crippen LogP contribution in [-0.4, -0.2) is 17.0 Å². The summed E-state index contributed by atoms with van der Waals surface area (Å²) in [6.07, 6.45) is 6.28. The second-order valence-corrected chi connectivity index (χ2v) is 5.33.